The molecule has 24 heavy (non-hydrogen) atoms. The average molecular weight is 315 g/mol. The number of hydrazone groups is 1. The molecule has 0 unspecified atom stereocenters. The summed E-state index contributed by atoms with van der Waals surface area (Å²) >= 11 is 0. The minimum absolute atomic E-state index is 0.0580. The first-order valence-electron chi connectivity index (χ1n) is 7.92. The van der Waals surface area contributed by atoms with Gasteiger partial charge in [-0.05, 0) is 42.0 Å². The highest BCUT2D eigenvalue weighted by atomic mass is 16.3. The van der Waals surface area contributed by atoms with Crippen molar-refractivity contribution in [3.05, 3.63) is 90.3 Å². The summed E-state index contributed by atoms with van der Waals surface area (Å²) in [5, 5.41) is 16.7. The van der Waals surface area contributed by atoms with Gasteiger partial charge in [0.1, 0.15) is 5.75 Å². The fraction of sp³-hybridized carbons (Fsp3) is 0.100. The van der Waals surface area contributed by atoms with E-state index in [2.05, 4.69) is 17.1 Å². The highest BCUT2D eigenvalue weighted by Gasteiger charge is 2.29. The molecule has 1 aromatic heterocycles. The van der Waals surface area contributed by atoms with Crippen molar-refractivity contribution in [3.63, 3.8) is 0 Å². The number of phenolic OH excluding ortho intramolecular Hbond substituents is 1. The molecule has 0 amide bonds. The third-order valence-electron chi connectivity index (χ3n) is 4.20. The van der Waals surface area contributed by atoms with Gasteiger partial charge in [-0.3, -0.25) is 9.99 Å². The van der Waals surface area contributed by atoms with Crippen LogP contribution in [-0.2, 0) is 0 Å². The van der Waals surface area contributed by atoms with Gasteiger partial charge in [-0.1, -0.05) is 30.3 Å². The van der Waals surface area contributed by atoms with Crippen LogP contribution in [0.3, 0.4) is 0 Å². The number of anilines is 1. The van der Waals surface area contributed by atoms with E-state index in [0.29, 0.717) is 0 Å². The minimum atomic E-state index is 0.0580. The van der Waals surface area contributed by atoms with E-state index in [9.17, 15) is 5.11 Å². The fourth-order valence-corrected chi connectivity index (χ4v) is 3.04. The number of hydrogen-bond donors (Lipinski definition) is 1. The van der Waals surface area contributed by atoms with E-state index in [0.717, 1.165) is 28.9 Å². The van der Waals surface area contributed by atoms with Gasteiger partial charge in [0, 0.05) is 24.4 Å². The molecule has 0 saturated heterocycles. The van der Waals surface area contributed by atoms with Crippen molar-refractivity contribution >= 4 is 11.4 Å². The van der Waals surface area contributed by atoms with Crippen LogP contribution in [0.5, 0.6) is 5.75 Å². The van der Waals surface area contributed by atoms with Crippen LogP contribution in [0.2, 0.25) is 0 Å². The second kappa shape index (κ2) is 6.16. The third kappa shape index (κ3) is 2.74. The maximum Gasteiger partial charge on any atom is 0.115 e. The lowest BCUT2D eigenvalue weighted by atomic mass is 9.98. The van der Waals surface area contributed by atoms with Crippen molar-refractivity contribution in [2.45, 2.75) is 12.5 Å². The Balaban J connectivity index is 1.76. The molecule has 1 atom stereocenters. The summed E-state index contributed by atoms with van der Waals surface area (Å²) in [6, 6.07) is 21.5. The summed E-state index contributed by atoms with van der Waals surface area (Å²) in [6.07, 6.45) is 4.35. The van der Waals surface area contributed by atoms with E-state index in [1.165, 1.54) is 0 Å². The van der Waals surface area contributed by atoms with Crippen LogP contribution in [0, 0.1) is 0 Å². The quantitative estimate of drug-likeness (QED) is 0.790. The zero-order chi connectivity index (χ0) is 16.4. The monoisotopic (exact) mass is 315 g/mol. The van der Waals surface area contributed by atoms with Crippen LogP contribution >= 0.6 is 0 Å². The predicted molar refractivity (Wildman–Crippen MR) is 95.2 cm³/mol. The van der Waals surface area contributed by atoms with Gasteiger partial charge in [-0.25, -0.2) is 0 Å². The first-order valence-corrected chi connectivity index (χ1v) is 7.92. The van der Waals surface area contributed by atoms with Crippen LogP contribution < -0.4 is 5.01 Å². The third-order valence-corrected chi connectivity index (χ3v) is 4.20. The van der Waals surface area contributed by atoms with E-state index in [1.807, 2.05) is 53.5 Å². The predicted octanol–water partition coefficient (Wildman–Crippen LogP) is 4.14. The Morgan fingerprint density at radius 3 is 2.46 bits per heavy atom. The highest BCUT2D eigenvalue weighted by Crippen LogP contribution is 2.37. The molecule has 0 radical (unpaired) electrons. The molecule has 4 rings (SSSR count). The lowest BCUT2D eigenvalue weighted by Gasteiger charge is -2.24. The summed E-state index contributed by atoms with van der Waals surface area (Å²) < 4.78 is 0. The Kier molecular flexibility index (Phi) is 3.71. The molecule has 0 saturated carbocycles. The minimum Gasteiger partial charge on any atom is -0.508 e. The van der Waals surface area contributed by atoms with Gasteiger partial charge in [-0.2, -0.15) is 5.10 Å². The SMILES string of the molecule is Oc1cccc([C@H]2CC(c3ccncc3)=NN2c2ccccc2)c1. The standard InChI is InChI=1S/C20H17N3O/c24-18-8-4-5-16(13-18)20-14-19(15-9-11-21-12-10-15)22-23(20)17-6-2-1-3-7-17/h1-13,20,24H,14H2/t20-/m1/s1. The molecule has 4 heteroatoms. The molecule has 1 N–H and O–H groups in total. The van der Waals surface area contributed by atoms with Crippen molar-refractivity contribution in [3.8, 4) is 5.75 Å². The Morgan fingerprint density at radius 2 is 1.71 bits per heavy atom. The van der Waals surface area contributed by atoms with Gasteiger partial charge in [0.05, 0.1) is 17.4 Å². The number of rotatable bonds is 3. The summed E-state index contributed by atoms with van der Waals surface area (Å²) in [7, 11) is 0. The Labute approximate surface area is 140 Å². The van der Waals surface area contributed by atoms with Crippen LogP contribution in [0.15, 0.2) is 84.2 Å². The van der Waals surface area contributed by atoms with E-state index < -0.39 is 0 Å². The Hall–Kier alpha value is -3.14. The lowest BCUT2D eigenvalue weighted by Crippen LogP contribution is -2.18. The molecule has 0 bridgehead atoms. The zero-order valence-electron chi connectivity index (χ0n) is 13.1. The maximum atomic E-state index is 9.85. The van der Waals surface area contributed by atoms with E-state index in [-0.39, 0.29) is 11.8 Å². The molecule has 118 valence electrons. The zero-order valence-corrected chi connectivity index (χ0v) is 13.1. The van der Waals surface area contributed by atoms with Crippen LogP contribution in [0.1, 0.15) is 23.6 Å². The molecule has 2 aromatic carbocycles. The molecule has 1 aliphatic rings. The first-order chi connectivity index (χ1) is 11.8. The van der Waals surface area contributed by atoms with Crippen molar-refractivity contribution in [1.29, 1.82) is 0 Å². The molecule has 1 aliphatic heterocycles. The second-order valence-electron chi connectivity index (χ2n) is 5.78. The first kappa shape index (κ1) is 14.5. The average Bonchev–Trinajstić information content (AvgIpc) is 3.09. The van der Waals surface area contributed by atoms with Gasteiger partial charge in [-0.15, -0.1) is 0 Å². The van der Waals surface area contributed by atoms with E-state index in [4.69, 9.17) is 5.10 Å². The van der Waals surface area contributed by atoms with Crippen LogP contribution in [-0.4, -0.2) is 15.8 Å². The Morgan fingerprint density at radius 1 is 0.917 bits per heavy atom. The van der Waals surface area contributed by atoms with E-state index in [1.54, 1.807) is 18.5 Å². The van der Waals surface area contributed by atoms with E-state index >= 15 is 0 Å². The topological polar surface area (TPSA) is 48.7 Å². The second-order valence-corrected chi connectivity index (χ2v) is 5.78. The molecule has 0 aliphatic carbocycles. The summed E-state index contributed by atoms with van der Waals surface area (Å²) in [6.45, 7) is 0. The van der Waals surface area contributed by atoms with Gasteiger partial charge < -0.3 is 5.11 Å². The van der Waals surface area contributed by atoms with Gasteiger partial charge in [0.25, 0.3) is 0 Å². The molecular formula is C20H17N3O. The molecular weight excluding hydrogens is 298 g/mol. The number of phenols is 1. The van der Waals surface area contributed by atoms with Crippen molar-refractivity contribution in [1.82, 2.24) is 4.98 Å². The van der Waals surface area contributed by atoms with Gasteiger partial charge >= 0.3 is 0 Å². The lowest BCUT2D eigenvalue weighted by molar-refractivity contribution is 0.473. The van der Waals surface area contributed by atoms with Crippen molar-refractivity contribution in [2.24, 2.45) is 5.10 Å². The smallest absolute Gasteiger partial charge is 0.115 e. The number of aromatic hydroxyl groups is 1. The van der Waals surface area contributed by atoms with Gasteiger partial charge in [0.15, 0.2) is 0 Å². The number of nitrogens with zero attached hydrogens (tertiary/aromatic N) is 3. The maximum absolute atomic E-state index is 9.85. The number of benzene rings is 2. The largest absolute Gasteiger partial charge is 0.508 e. The summed E-state index contributed by atoms with van der Waals surface area (Å²) in [4.78, 5) is 4.08. The number of para-hydroxylation sites is 1. The number of aromatic nitrogens is 1. The summed E-state index contributed by atoms with van der Waals surface area (Å²) in [5.74, 6) is 0.276. The molecule has 0 fully saturated rings. The molecule has 4 nitrogen and oxygen atoms in total. The van der Waals surface area contributed by atoms with Crippen molar-refractivity contribution < 1.29 is 5.11 Å². The number of hydrogen-bond acceptors (Lipinski definition) is 4. The molecule has 2 heterocycles. The highest BCUT2D eigenvalue weighted by molar-refractivity contribution is 6.03. The molecule has 0 spiro atoms. The fourth-order valence-electron chi connectivity index (χ4n) is 3.04. The Bertz CT molecular complexity index is 862. The van der Waals surface area contributed by atoms with Crippen LogP contribution in [0.4, 0.5) is 5.69 Å². The summed E-state index contributed by atoms with van der Waals surface area (Å²) in [5.41, 5.74) is 4.18. The number of pyridine rings is 1. The van der Waals surface area contributed by atoms with Crippen LogP contribution in [0.25, 0.3) is 0 Å². The van der Waals surface area contributed by atoms with Crippen molar-refractivity contribution in [2.75, 3.05) is 5.01 Å². The molecule has 3 aromatic rings. The normalized spacial score (nSPS) is 16.9. The van der Waals surface area contributed by atoms with Gasteiger partial charge in [0.2, 0.25) is 0 Å².